The van der Waals surface area contributed by atoms with Gasteiger partial charge >= 0.3 is 0 Å². The van der Waals surface area contributed by atoms with Gasteiger partial charge in [0, 0.05) is 32.3 Å². The third kappa shape index (κ3) is 3.72. The van der Waals surface area contributed by atoms with Crippen LogP contribution in [-0.4, -0.2) is 50.3 Å². The van der Waals surface area contributed by atoms with Gasteiger partial charge in [0.15, 0.2) is 0 Å². The number of likely N-dealkylation sites (tertiary alicyclic amines) is 1. The van der Waals surface area contributed by atoms with Crippen LogP contribution in [0.3, 0.4) is 0 Å². The molecule has 3 nitrogen and oxygen atoms in total. The summed E-state index contributed by atoms with van der Waals surface area (Å²) in [5, 5.41) is 3.57. The number of piperidine rings is 1. The van der Waals surface area contributed by atoms with Crippen LogP contribution in [0.4, 0.5) is 0 Å². The summed E-state index contributed by atoms with van der Waals surface area (Å²) in [4.78, 5) is 2.63. The summed E-state index contributed by atoms with van der Waals surface area (Å²) in [7, 11) is 0. The fourth-order valence-corrected chi connectivity index (χ4v) is 2.76. The zero-order valence-electron chi connectivity index (χ0n) is 10.6. The van der Waals surface area contributed by atoms with Crippen molar-refractivity contribution in [1.82, 2.24) is 10.2 Å². The Labute approximate surface area is 99.5 Å². The average molecular weight is 226 g/mol. The van der Waals surface area contributed by atoms with Crippen molar-refractivity contribution in [1.29, 1.82) is 0 Å². The maximum absolute atomic E-state index is 5.37. The molecule has 0 aliphatic carbocycles. The van der Waals surface area contributed by atoms with Gasteiger partial charge in [0.1, 0.15) is 0 Å². The predicted molar refractivity (Wildman–Crippen MR) is 66.7 cm³/mol. The first kappa shape index (κ1) is 12.3. The van der Waals surface area contributed by atoms with E-state index < -0.39 is 0 Å². The van der Waals surface area contributed by atoms with E-state index in [1.807, 2.05) is 0 Å². The van der Waals surface area contributed by atoms with Crippen LogP contribution in [0.2, 0.25) is 0 Å². The van der Waals surface area contributed by atoms with Crippen molar-refractivity contribution in [2.45, 2.75) is 38.6 Å². The monoisotopic (exact) mass is 226 g/mol. The molecular weight excluding hydrogens is 200 g/mol. The van der Waals surface area contributed by atoms with Gasteiger partial charge in [0.25, 0.3) is 0 Å². The van der Waals surface area contributed by atoms with Gasteiger partial charge in [-0.3, -0.25) is 4.90 Å². The Balaban J connectivity index is 1.53. The standard InChI is InChI=1S/C13H26N2O/c1-12-4-2-3-7-15(12)8-6-14-10-13-5-9-16-11-13/h12-14H,2-11H2,1H3. The minimum Gasteiger partial charge on any atom is -0.381 e. The van der Waals surface area contributed by atoms with Gasteiger partial charge in [-0.25, -0.2) is 0 Å². The second kappa shape index (κ2) is 6.58. The molecule has 0 bridgehead atoms. The third-order valence-corrected chi connectivity index (χ3v) is 3.97. The van der Waals surface area contributed by atoms with Crippen LogP contribution in [0, 0.1) is 5.92 Å². The quantitative estimate of drug-likeness (QED) is 0.719. The first-order valence-electron chi connectivity index (χ1n) is 6.89. The topological polar surface area (TPSA) is 24.5 Å². The van der Waals surface area contributed by atoms with E-state index in [2.05, 4.69) is 17.1 Å². The molecule has 0 radical (unpaired) electrons. The third-order valence-electron chi connectivity index (χ3n) is 3.97. The van der Waals surface area contributed by atoms with Crippen molar-refractivity contribution in [2.75, 3.05) is 39.4 Å². The highest BCUT2D eigenvalue weighted by Gasteiger charge is 2.18. The van der Waals surface area contributed by atoms with Gasteiger partial charge in [0.2, 0.25) is 0 Å². The highest BCUT2D eigenvalue weighted by molar-refractivity contribution is 4.74. The molecule has 1 N–H and O–H groups in total. The largest absolute Gasteiger partial charge is 0.381 e. The van der Waals surface area contributed by atoms with Crippen LogP contribution in [0.15, 0.2) is 0 Å². The lowest BCUT2D eigenvalue weighted by atomic mass is 10.0. The van der Waals surface area contributed by atoms with Crippen LogP contribution >= 0.6 is 0 Å². The summed E-state index contributed by atoms with van der Waals surface area (Å²) in [6.07, 6.45) is 5.44. The number of nitrogens with one attached hydrogen (secondary N) is 1. The van der Waals surface area contributed by atoms with Crippen LogP contribution < -0.4 is 5.32 Å². The van der Waals surface area contributed by atoms with Crippen molar-refractivity contribution >= 4 is 0 Å². The average Bonchev–Trinajstić information content (AvgIpc) is 2.79. The lowest BCUT2D eigenvalue weighted by Crippen LogP contribution is -2.42. The Hall–Kier alpha value is -0.120. The van der Waals surface area contributed by atoms with E-state index in [1.54, 1.807) is 0 Å². The molecule has 16 heavy (non-hydrogen) atoms. The highest BCUT2D eigenvalue weighted by atomic mass is 16.5. The van der Waals surface area contributed by atoms with Crippen molar-refractivity contribution in [3.05, 3.63) is 0 Å². The number of rotatable bonds is 5. The smallest absolute Gasteiger partial charge is 0.0507 e. The Kier molecular flexibility index (Phi) is 5.07. The SMILES string of the molecule is CC1CCCCN1CCNCC1CCOC1. The Morgan fingerprint density at radius 2 is 2.25 bits per heavy atom. The molecule has 2 saturated heterocycles. The van der Waals surface area contributed by atoms with Gasteiger partial charge in [-0.15, -0.1) is 0 Å². The van der Waals surface area contributed by atoms with E-state index in [-0.39, 0.29) is 0 Å². The van der Waals surface area contributed by atoms with E-state index in [9.17, 15) is 0 Å². The lowest BCUT2D eigenvalue weighted by molar-refractivity contribution is 0.159. The summed E-state index contributed by atoms with van der Waals surface area (Å²) in [5.74, 6) is 0.763. The minimum atomic E-state index is 0.763. The van der Waals surface area contributed by atoms with Crippen molar-refractivity contribution < 1.29 is 4.74 Å². The highest BCUT2D eigenvalue weighted by Crippen LogP contribution is 2.15. The predicted octanol–water partition coefficient (Wildman–Crippen LogP) is 1.49. The van der Waals surface area contributed by atoms with Gasteiger partial charge in [-0.2, -0.15) is 0 Å². The van der Waals surface area contributed by atoms with Crippen molar-refractivity contribution in [3.8, 4) is 0 Å². The van der Waals surface area contributed by atoms with Crippen LogP contribution in [0.25, 0.3) is 0 Å². The molecule has 2 aliphatic heterocycles. The Morgan fingerprint density at radius 1 is 1.31 bits per heavy atom. The molecule has 94 valence electrons. The van der Waals surface area contributed by atoms with E-state index in [0.29, 0.717) is 0 Å². The maximum atomic E-state index is 5.37. The van der Waals surface area contributed by atoms with Gasteiger partial charge in [-0.1, -0.05) is 6.42 Å². The first-order valence-corrected chi connectivity index (χ1v) is 6.89. The Morgan fingerprint density at radius 3 is 3.00 bits per heavy atom. The molecular formula is C13H26N2O. The molecule has 2 heterocycles. The van der Waals surface area contributed by atoms with Gasteiger partial charge in [-0.05, 0) is 38.6 Å². The van der Waals surface area contributed by atoms with Gasteiger partial charge in [0.05, 0.1) is 6.61 Å². The summed E-state index contributed by atoms with van der Waals surface area (Å²) in [6, 6.07) is 0.797. The molecule has 2 unspecified atom stereocenters. The normalized spacial score (nSPS) is 32.1. The number of hydrogen-bond donors (Lipinski definition) is 1. The molecule has 0 saturated carbocycles. The molecule has 0 aromatic rings. The first-order chi connectivity index (χ1) is 7.86. The molecule has 0 spiro atoms. The molecule has 3 heteroatoms. The molecule has 0 aromatic carbocycles. The molecule has 2 atom stereocenters. The van der Waals surface area contributed by atoms with Crippen LogP contribution in [0.1, 0.15) is 32.6 Å². The minimum absolute atomic E-state index is 0.763. The molecule has 2 fully saturated rings. The summed E-state index contributed by atoms with van der Waals surface area (Å²) < 4.78 is 5.37. The van der Waals surface area contributed by atoms with Crippen LogP contribution in [0.5, 0.6) is 0 Å². The molecule has 0 aromatic heterocycles. The zero-order valence-corrected chi connectivity index (χ0v) is 10.6. The molecule has 0 amide bonds. The van der Waals surface area contributed by atoms with Crippen molar-refractivity contribution in [2.24, 2.45) is 5.92 Å². The van der Waals surface area contributed by atoms with E-state index in [0.717, 1.165) is 38.3 Å². The molecule has 2 rings (SSSR count). The maximum Gasteiger partial charge on any atom is 0.0507 e. The summed E-state index contributed by atoms with van der Waals surface area (Å²) >= 11 is 0. The van der Waals surface area contributed by atoms with E-state index in [4.69, 9.17) is 4.74 Å². The number of nitrogens with zero attached hydrogens (tertiary/aromatic N) is 1. The second-order valence-electron chi connectivity index (χ2n) is 5.31. The van der Waals surface area contributed by atoms with Crippen LogP contribution in [-0.2, 0) is 4.74 Å². The second-order valence-corrected chi connectivity index (χ2v) is 5.31. The fraction of sp³-hybridized carbons (Fsp3) is 1.00. The molecule has 2 aliphatic rings. The van der Waals surface area contributed by atoms with E-state index >= 15 is 0 Å². The zero-order chi connectivity index (χ0) is 11.2. The Bertz CT molecular complexity index is 192. The summed E-state index contributed by atoms with van der Waals surface area (Å²) in [6.45, 7) is 9.10. The lowest BCUT2D eigenvalue weighted by Gasteiger charge is -2.33. The summed E-state index contributed by atoms with van der Waals surface area (Å²) in [5.41, 5.74) is 0. The van der Waals surface area contributed by atoms with E-state index in [1.165, 1.54) is 38.8 Å². The number of hydrogen-bond acceptors (Lipinski definition) is 3. The number of ether oxygens (including phenoxy) is 1. The van der Waals surface area contributed by atoms with Crippen molar-refractivity contribution in [3.63, 3.8) is 0 Å². The fourth-order valence-electron chi connectivity index (χ4n) is 2.76. The van der Waals surface area contributed by atoms with Gasteiger partial charge < -0.3 is 10.1 Å².